The monoisotopic (exact) mass is 255 g/mol. The molecular formula is C11H17N3O2S. The lowest BCUT2D eigenvalue weighted by atomic mass is 10.1. The molecule has 0 amide bonds. The van der Waals surface area contributed by atoms with Gasteiger partial charge in [0.25, 0.3) is 0 Å². The molecule has 0 saturated heterocycles. The van der Waals surface area contributed by atoms with Gasteiger partial charge in [0.15, 0.2) is 9.84 Å². The van der Waals surface area contributed by atoms with Crippen LogP contribution in [0.15, 0.2) is 6.20 Å². The van der Waals surface area contributed by atoms with Gasteiger partial charge in [-0.2, -0.15) is 0 Å². The summed E-state index contributed by atoms with van der Waals surface area (Å²) in [7, 11) is -3.08. The average Bonchev–Trinajstić information content (AvgIpc) is 2.38. The van der Waals surface area contributed by atoms with Crippen molar-refractivity contribution in [3.63, 3.8) is 0 Å². The van der Waals surface area contributed by atoms with Gasteiger partial charge in [-0.25, -0.2) is 18.4 Å². The van der Waals surface area contributed by atoms with Crippen molar-refractivity contribution in [3.8, 4) is 0 Å². The van der Waals surface area contributed by atoms with E-state index < -0.39 is 9.84 Å². The number of hydrogen-bond acceptors (Lipinski definition) is 5. The Morgan fingerprint density at radius 1 is 1.47 bits per heavy atom. The van der Waals surface area contributed by atoms with Crippen molar-refractivity contribution < 1.29 is 8.42 Å². The smallest absolute Gasteiger partial charge is 0.154 e. The molecule has 0 fully saturated rings. The predicted molar refractivity (Wildman–Crippen MR) is 65.1 cm³/mol. The standard InChI is InChI=1S/C11H17N3O2S/c1-17(15,16)7-11-13-6-8-9(12)4-2-3-5-10(8)14-11/h6,9H,2-5,7,12H2,1H3. The summed E-state index contributed by atoms with van der Waals surface area (Å²) in [6.45, 7) is 0. The van der Waals surface area contributed by atoms with E-state index in [1.165, 1.54) is 6.26 Å². The molecule has 2 N–H and O–H groups in total. The van der Waals surface area contributed by atoms with E-state index >= 15 is 0 Å². The summed E-state index contributed by atoms with van der Waals surface area (Å²) >= 11 is 0. The second kappa shape index (κ2) is 4.70. The van der Waals surface area contributed by atoms with Crippen molar-refractivity contribution in [2.75, 3.05) is 6.26 Å². The lowest BCUT2D eigenvalue weighted by Gasteiger charge is -2.11. The van der Waals surface area contributed by atoms with Crippen LogP contribution in [0.2, 0.25) is 0 Å². The Morgan fingerprint density at radius 2 is 2.24 bits per heavy atom. The van der Waals surface area contributed by atoms with Crippen molar-refractivity contribution in [2.45, 2.75) is 37.5 Å². The van der Waals surface area contributed by atoms with E-state index in [0.717, 1.165) is 36.9 Å². The van der Waals surface area contributed by atoms with Gasteiger partial charge >= 0.3 is 0 Å². The van der Waals surface area contributed by atoms with Gasteiger partial charge in [-0.05, 0) is 19.3 Å². The zero-order valence-electron chi connectivity index (χ0n) is 9.89. The third-order valence-electron chi connectivity index (χ3n) is 2.92. The van der Waals surface area contributed by atoms with Crippen LogP contribution in [-0.4, -0.2) is 24.6 Å². The van der Waals surface area contributed by atoms with E-state index in [1.807, 2.05) is 0 Å². The molecule has 1 aromatic heterocycles. The van der Waals surface area contributed by atoms with Crippen molar-refractivity contribution in [3.05, 3.63) is 23.3 Å². The minimum Gasteiger partial charge on any atom is -0.324 e. The number of nitrogens with zero attached hydrogens (tertiary/aromatic N) is 2. The van der Waals surface area contributed by atoms with Gasteiger partial charge < -0.3 is 5.73 Å². The highest BCUT2D eigenvalue weighted by molar-refractivity contribution is 7.89. The first kappa shape index (κ1) is 12.4. The molecule has 1 aromatic rings. The van der Waals surface area contributed by atoms with Crippen LogP contribution in [0.3, 0.4) is 0 Å². The Bertz CT molecular complexity index is 513. The van der Waals surface area contributed by atoms with Gasteiger partial charge in [-0.15, -0.1) is 0 Å². The zero-order chi connectivity index (χ0) is 12.5. The normalized spacial score (nSPS) is 20.7. The Hall–Kier alpha value is -1.01. The fourth-order valence-corrected chi connectivity index (χ4v) is 2.70. The molecule has 2 rings (SSSR count). The van der Waals surface area contributed by atoms with Crippen LogP contribution >= 0.6 is 0 Å². The maximum atomic E-state index is 11.2. The third-order valence-corrected chi connectivity index (χ3v) is 3.70. The van der Waals surface area contributed by atoms with E-state index in [1.54, 1.807) is 6.20 Å². The zero-order valence-corrected chi connectivity index (χ0v) is 10.7. The van der Waals surface area contributed by atoms with Crippen LogP contribution in [0.25, 0.3) is 0 Å². The van der Waals surface area contributed by atoms with Gasteiger partial charge in [0.1, 0.15) is 11.6 Å². The molecule has 0 radical (unpaired) electrons. The lowest BCUT2D eigenvalue weighted by molar-refractivity contribution is 0.599. The van der Waals surface area contributed by atoms with Gasteiger partial charge in [0.2, 0.25) is 0 Å². The highest BCUT2D eigenvalue weighted by Crippen LogP contribution is 2.25. The van der Waals surface area contributed by atoms with Gasteiger partial charge in [-0.1, -0.05) is 6.42 Å². The molecule has 17 heavy (non-hydrogen) atoms. The van der Waals surface area contributed by atoms with E-state index in [9.17, 15) is 8.42 Å². The molecule has 94 valence electrons. The van der Waals surface area contributed by atoms with Crippen molar-refractivity contribution in [2.24, 2.45) is 5.73 Å². The molecule has 0 aliphatic heterocycles. The summed E-state index contributed by atoms with van der Waals surface area (Å²) in [5.74, 6) is 0.274. The molecule has 0 spiro atoms. The largest absolute Gasteiger partial charge is 0.324 e. The van der Waals surface area contributed by atoms with Crippen LogP contribution in [-0.2, 0) is 22.0 Å². The number of aryl methyl sites for hydroxylation is 1. The maximum absolute atomic E-state index is 11.2. The molecular weight excluding hydrogens is 238 g/mol. The van der Waals surface area contributed by atoms with Gasteiger partial charge in [-0.3, -0.25) is 0 Å². The Kier molecular flexibility index (Phi) is 3.44. The first-order valence-electron chi connectivity index (χ1n) is 5.74. The minimum atomic E-state index is -3.08. The molecule has 6 heteroatoms. The molecule has 1 unspecified atom stereocenters. The molecule has 0 aromatic carbocycles. The molecule has 5 nitrogen and oxygen atoms in total. The quantitative estimate of drug-likeness (QED) is 0.788. The van der Waals surface area contributed by atoms with Crippen LogP contribution in [0.4, 0.5) is 0 Å². The molecule has 0 saturated carbocycles. The number of nitrogens with two attached hydrogens (primary N) is 1. The van der Waals surface area contributed by atoms with Crippen molar-refractivity contribution in [1.29, 1.82) is 0 Å². The second-order valence-corrected chi connectivity index (χ2v) is 6.75. The van der Waals surface area contributed by atoms with Crippen molar-refractivity contribution in [1.82, 2.24) is 9.97 Å². The van der Waals surface area contributed by atoms with E-state index in [2.05, 4.69) is 9.97 Å². The lowest BCUT2D eigenvalue weighted by Crippen LogP contribution is -2.14. The highest BCUT2D eigenvalue weighted by atomic mass is 32.2. The fourth-order valence-electron chi connectivity index (χ4n) is 2.09. The minimum absolute atomic E-state index is 0.0141. The number of aromatic nitrogens is 2. The number of rotatable bonds is 2. The average molecular weight is 255 g/mol. The molecule has 1 aliphatic rings. The van der Waals surface area contributed by atoms with Gasteiger partial charge in [0.05, 0.1) is 0 Å². The predicted octanol–water partition coefficient (Wildman–Crippen LogP) is 0.747. The summed E-state index contributed by atoms with van der Waals surface area (Å²) < 4.78 is 22.4. The van der Waals surface area contributed by atoms with Crippen LogP contribution in [0, 0.1) is 0 Å². The highest BCUT2D eigenvalue weighted by Gasteiger charge is 2.18. The second-order valence-electron chi connectivity index (χ2n) is 4.61. The Balaban J connectivity index is 2.33. The van der Waals surface area contributed by atoms with E-state index in [-0.39, 0.29) is 11.8 Å². The summed E-state index contributed by atoms with van der Waals surface area (Å²) in [6.07, 6.45) is 6.83. The van der Waals surface area contributed by atoms with Crippen LogP contribution in [0.1, 0.15) is 42.4 Å². The Morgan fingerprint density at radius 3 is 2.94 bits per heavy atom. The molecule has 1 heterocycles. The maximum Gasteiger partial charge on any atom is 0.154 e. The summed E-state index contributed by atoms with van der Waals surface area (Å²) in [5.41, 5.74) is 7.92. The summed E-state index contributed by atoms with van der Waals surface area (Å²) in [4.78, 5) is 8.44. The van der Waals surface area contributed by atoms with E-state index in [4.69, 9.17) is 5.73 Å². The number of fused-ring (bicyclic) bond motifs is 1. The first-order valence-corrected chi connectivity index (χ1v) is 7.80. The van der Waals surface area contributed by atoms with Crippen LogP contribution < -0.4 is 5.73 Å². The molecule has 0 bridgehead atoms. The fraction of sp³-hybridized carbons (Fsp3) is 0.636. The third kappa shape index (κ3) is 3.23. The van der Waals surface area contributed by atoms with E-state index in [0.29, 0.717) is 5.82 Å². The Labute approximate surface area is 101 Å². The summed E-state index contributed by atoms with van der Waals surface area (Å²) in [6, 6.07) is -0.0141. The molecule has 1 atom stereocenters. The SMILES string of the molecule is CS(=O)(=O)Cc1ncc2c(n1)CCCCC2N. The topological polar surface area (TPSA) is 85.9 Å². The summed E-state index contributed by atoms with van der Waals surface area (Å²) in [5, 5.41) is 0. The first-order chi connectivity index (χ1) is 7.96. The molecule has 1 aliphatic carbocycles. The van der Waals surface area contributed by atoms with Gasteiger partial charge in [0, 0.05) is 29.8 Å². The number of sulfone groups is 1. The number of hydrogen-bond donors (Lipinski definition) is 1. The van der Waals surface area contributed by atoms with Crippen molar-refractivity contribution >= 4 is 9.84 Å². The van der Waals surface area contributed by atoms with Crippen LogP contribution in [0.5, 0.6) is 0 Å².